The van der Waals surface area contributed by atoms with Gasteiger partial charge in [0.15, 0.2) is 6.10 Å². The van der Waals surface area contributed by atoms with E-state index in [0.29, 0.717) is 23.5 Å². The maximum absolute atomic E-state index is 14.4. The van der Waals surface area contributed by atoms with E-state index in [9.17, 15) is 27.2 Å². The van der Waals surface area contributed by atoms with E-state index in [2.05, 4.69) is 5.10 Å². The van der Waals surface area contributed by atoms with Crippen molar-refractivity contribution in [3.8, 4) is 11.4 Å². The summed E-state index contributed by atoms with van der Waals surface area (Å²) in [6.07, 6.45) is -5.45. The number of aromatic nitrogens is 3. The fourth-order valence-corrected chi connectivity index (χ4v) is 2.53. The van der Waals surface area contributed by atoms with Gasteiger partial charge in [-0.2, -0.15) is 17.9 Å². The Morgan fingerprint density at radius 2 is 2.00 bits per heavy atom. The average Bonchev–Trinajstić information content (AvgIpc) is 3.36. The number of carbonyl (C=O) groups is 1. The van der Waals surface area contributed by atoms with Crippen molar-refractivity contribution in [3.63, 3.8) is 0 Å². The molecule has 1 N–H and O–H groups in total. The molecular formula is C16H15F4N3O4. The van der Waals surface area contributed by atoms with Crippen LogP contribution in [-0.2, 0) is 7.05 Å². The van der Waals surface area contributed by atoms with Gasteiger partial charge in [0.25, 0.3) is 0 Å². The number of hydrogen-bond acceptors (Lipinski definition) is 4. The first-order chi connectivity index (χ1) is 12.5. The Morgan fingerprint density at radius 1 is 1.37 bits per heavy atom. The zero-order chi connectivity index (χ0) is 20.1. The number of aromatic carboxylic acids is 1. The van der Waals surface area contributed by atoms with Crippen molar-refractivity contribution >= 4 is 5.97 Å². The lowest BCUT2D eigenvalue weighted by Crippen LogP contribution is -2.32. The second-order valence-electron chi connectivity index (χ2n) is 6.29. The zero-order valence-electron chi connectivity index (χ0n) is 14.2. The summed E-state index contributed by atoms with van der Waals surface area (Å²) in [6.45, 7) is 0.687. The molecule has 0 spiro atoms. The van der Waals surface area contributed by atoms with Crippen molar-refractivity contribution in [1.29, 1.82) is 0 Å². The number of carboxylic acids is 1. The first-order valence-electron chi connectivity index (χ1n) is 7.97. The first-order valence-corrected chi connectivity index (χ1v) is 7.97. The minimum Gasteiger partial charge on any atom is -0.480 e. The van der Waals surface area contributed by atoms with Gasteiger partial charge in [0, 0.05) is 19.0 Å². The summed E-state index contributed by atoms with van der Waals surface area (Å²) in [5.41, 5.74) is -1.98. The van der Waals surface area contributed by atoms with E-state index >= 15 is 0 Å². The van der Waals surface area contributed by atoms with Crippen LogP contribution in [0.25, 0.3) is 5.69 Å². The van der Waals surface area contributed by atoms with Gasteiger partial charge in [-0.15, -0.1) is 5.10 Å². The molecule has 0 amide bonds. The molecule has 1 aromatic carbocycles. The highest BCUT2D eigenvalue weighted by molar-refractivity contribution is 5.91. The Hall–Kier alpha value is -2.85. The zero-order valence-corrected chi connectivity index (χ0v) is 14.2. The quantitative estimate of drug-likeness (QED) is 0.795. The molecule has 11 heteroatoms. The van der Waals surface area contributed by atoms with Gasteiger partial charge < -0.3 is 9.84 Å². The number of rotatable bonds is 5. The highest BCUT2D eigenvalue weighted by atomic mass is 19.4. The summed E-state index contributed by atoms with van der Waals surface area (Å²) < 4.78 is 59.4. The Balaban J connectivity index is 2.12. The lowest BCUT2D eigenvalue weighted by molar-refractivity contribution is -0.189. The fraction of sp³-hybridized carbons (Fsp3) is 0.438. The summed E-state index contributed by atoms with van der Waals surface area (Å²) in [5, 5.41) is 13.2. The standard InChI is InChI=1S/C16H15F4N3O4/c1-7(16(18,19)20)27-12-6-11(10(17)5-9(12)14(24)25)23-15(26)22(2)13(21-23)8-3-4-8/h5-8H,3-4H2,1-2H3,(H,24,25). The molecule has 1 fully saturated rings. The van der Waals surface area contributed by atoms with E-state index < -0.39 is 46.8 Å². The Labute approximate surface area is 149 Å². The number of nitrogens with zero attached hydrogens (tertiary/aromatic N) is 3. The molecule has 1 aliphatic carbocycles. The van der Waals surface area contributed by atoms with E-state index in [4.69, 9.17) is 9.84 Å². The van der Waals surface area contributed by atoms with Crippen molar-refractivity contribution in [2.45, 2.75) is 38.0 Å². The molecule has 146 valence electrons. The molecule has 0 bridgehead atoms. The topological polar surface area (TPSA) is 86.4 Å². The third-order valence-electron chi connectivity index (χ3n) is 4.23. The monoisotopic (exact) mass is 389 g/mol. The van der Waals surface area contributed by atoms with Crippen LogP contribution in [0.4, 0.5) is 17.6 Å². The highest BCUT2D eigenvalue weighted by Gasteiger charge is 2.39. The minimum atomic E-state index is -4.76. The van der Waals surface area contributed by atoms with Gasteiger partial charge >= 0.3 is 17.8 Å². The Bertz CT molecular complexity index is 960. The lowest BCUT2D eigenvalue weighted by Gasteiger charge is -2.19. The van der Waals surface area contributed by atoms with Crippen LogP contribution in [0.15, 0.2) is 16.9 Å². The van der Waals surface area contributed by atoms with Crippen LogP contribution in [0.5, 0.6) is 5.75 Å². The number of hydrogen-bond donors (Lipinski definition) is 1. The minimum absolute atomic E-state index is 0.0614. The first kappa shape index (κ1) is 18.9. The van der Waals surface area contributed by atoms with Crippen molar-refractivity contribution in [2.24, 2.45) is 7.05 Å². The van der Waals surface area contributed by atoms with E-state index in [1.165, 1.54) is 11.6 Å². The third kappa shape index (κ3) is 3.53. The maximum Gasteiger partial charge on any atom is 0.425 e. The molecule has 1 heterocycles. The van der Waals surface area contributed by atoms with Gasteiger partial charge in [-0.05, 0) is 25.8 Å². The molecule has 1 aromatic heterocycles. The number of ether oxygens (including phenoxy) is 1. The Kier molecular flexibility index (Phi) is 4.48. The normalized spacial score (nSPS) is 15.6. The van der Waals surface area contributed by atoms with Gasteiger partial charge in [-0.25, -0.2) is 14.0 Å². The van der Waals surface area contributed by atoms with Crippen LogP contribution in [0.1, 0.15) is 41.9 Å². The molecule has 0 radical (unpaired) electrons. The van der Waals surface area contributed by atoms with E-state index in [1.807, 2.05) is 0 Å². The molecule has 7 nitrogen and oxygen atoms in total. The highest BCUT2D eigenvalue weighted by Crippen LogP contribution is 2.38. The summed E-state index contributed by atoms with van der Waals surface area (Å²) >= 11 is 0. The van der Waals surface area contributed by atoms with E-state index in [-0.39, 0.29) is 5.92 Å². The maximum atomic E-state index is 14.4. The summed E-state index contributed by atoms with van der Waals surface area (Å²) in [4.78, 5) is 23.6. The Morgan fingerprint density at radius 3 is 2.52 bits per heavy atom. The van der Waals surface area contributed by atoms with Gasteiger partial charge in [-0.1, -0.05) is 0 Å². The largest absolute Gasteiger partial charge is 0.480 e. The molecule has 0 aliphatic heterocycles. The average molecular weight is 389 g/mol. The number of benzene rings is 1. The predicted octanol–water partition coefficient (Wildman–Crippen LogP) is 2.62. The van der Waals surface area contributed by atoms with E-state index in [0.717, 1.165) is 18.9 Å². The van der Waals surface area contributed by atoms with Gasteiger partial charge in [0.05, 0.1) is 0 Å². The molecule has 1 aliphatic rings. The SMILES string of the molecule is CC(Oc1cc(-n2nc(C3CC3)n(C)c2=O)c(F)cc1C(=O)O)C(F)(F)F. The number of carboxylic acid groups (broad SMARTS) is 1. The van der Waals surface area contributed by atoms with Crippen LogP contribution in [-0.4, -0.2) is 37.7 Å². The van der Waals surface area contributed by atoms with Crippen molar-refractivity contribution in [3.05, 3.63) is 39.8 Å². The summed E-state index contributed by atoms with van der Waals surface area (Å²) in [5.74, 6) is -3.02. The molecule has 1 unspecified atom stereocenters. The lowest BCUT2D eigenvalue weighted by atomic mass is 10.1. The van der Waals surface area contributed by atoms with Crippen molar-refractivity contribution in [2.75, 3.05) is 0 Å². The number of alkyl halides is 3. The molecule has 2 aromatic rings. The fourth-order valence-electron chi connectivity index (χ4n) is 2.53. The van der Waals surface area contributed by atoms with Crippen LogP contribution in [0, 0.1) is 5.82 Å². The predicted molar refractivity (Wildman–Crippen MR) is 83.8 cm³/mol. The molecular weight excluding hydrogens is 374 g/mol. The van der Waals surface area contributed by atoms with Crippen LogP contribution in [0.3, 0.4) is 0 Å². The van der Waals surface area contributed by atoms with Crippen molar-refractivity contribution in [1.82, 2.24) is 14.3 Å². The van der Waals surface area contributed by atoms with Crippen LogP contribution < -0.4 is 10.4 Å². The molecule has 1 saturated carbocycles. The third-order valence-corrected chi connectivity index (χ3v) is 4.23. The molecule has 0 saturated heterocycles. The summed E-state index contributed by atoms with van der Waals surface area (Å²) in [6, 6.07) is 1.25. The van der Waals surface area contributed by atoms with Gasteiger partial charge in [0.2, 0.25) is 0 Å². The molecule has 1 atom stereocenters. The second-order valence-corrected chi connectivity index (χ2v) is 6.29. The van der Waals surface area contributed by atoms with Gasteiger partial charge in [0.1, 0.15) is 28.6 Å². The molecule has 3 rings (SSSR count). The van der Waals surface area contributed by atoms with Crippen molar-refractivity contribution < 1.29 is 32.2 Å². The van der Waals surface area contributed by atoms with Gasteiger partial charge in [-0.3, -0.25) is 4.57 Å². The van der Waals surface area contributed by atoms with E-state index in [1.54, 1.807) is 0 Å². The summed E-state index contributed by atoms with van der Waals surface area (Å²) in [7, 11) is 1.45. The molecule has 27 heavy (non-hydrogen) atoms. The number of halogens is 4. The van der Waals surface area contributed by atoms with Crippen LogP contribution in [0.2, 0.25) is 0 Å². The smallest absolute Gasteiger partial charge is 0.425 e. The van der Waals surface area contributed by atoms with Crippen LogP contribution >= 0.6 is 0 Å². The second kappa shape index (κ2) is 6.39.